The number of benzene rings is 3. The van der Waals surface area contributed by atoms with Crippen LogP contribution >= 0.6 is 0 Å². The summed E-state index contributed by atoms with van der Waals surface area (Å²) in [7, 11) is 1.58. The molecule has 3 aromatic carbocycles. The van der Waals surface area contributed by atoms with Gasteiger partial charge in [-0.25, -0.2) is 0 Å². The van der Waals surface area contributed by atoms with E-state index < -0.39 is 0 Å². The van der Waals surface area contributed by atoms with Crippen molar-refractivity contribution in [2.24, 2.45) is 0 Å². The standard InChI is InChI=1S/C22H18N2O3/c1-27-19-12-6-15(7-13-19)21(25)23-17-8-10-18(11-9-17)24-14-16-4-2-3-5-20(16)22(24)26/h2-13H,14H2,1H3,(H,23,25). The van der Waals surface area contributed by atoms with E-state index in [9.17, 15) is 9.59 Å². The van der Waals surface area contributed by atoms with Gasteiger partial charge >= 0.3 is 0 Å². The maximum Gasteiger partial charge on any atom is 0.258 e. The quantitative estimate of drug-likeness (QED) is 0.764. The first-order valence-corrected chi connectivity index (χ1v) is 8.61. The third-order valence-corrected chi connectivity index (χ3v) is 4.61. The van der Waals surface area contributed by atoms with Crippen LogP contribution in [0.15, 0.2) is 72.8 Å². The molecule has 0 unspecified atom stereocenters. The Balaban J connectivity index is 1.46. The van der Waals surface area contributed by atoms with Gasteiger partial charge in [-0.15, -0.1) is 0 Å². The predicted molar refractivity (Wildman–Crippen MR) is 104 cm³/mol. The van der Waals surface area contributed by atoms with E-state index in [2.05, 4.69) is 5.32 Å². The molecule has 134 valence electrons. The number of fused-ring (bicyclic) bond motifs is 1. The van der Waals surface area contributed by atoms with Gasteiger partial charge in [0.1, 0.15) is 5.75 Å². The average molecular weight is 358 g/mol. The molecule has 1 aliphatic rings. The lowest BCUT2D eigenvalue weighted by Crippen LogP contribution is -2.22. The average Bonchev–Trinajstić information content (AvgIpc) is 3.05. The molecular weight excluding hydrogens is 340 g/mol. The number of nitrogens with one attached hydrogen (secondary N) is 1. The first kappa shape index (κ1) is 16.8. The van der Waals surface area contributed by atoms with Crippen molar-refractivity contribution in [2.75, 3.05) is 17.3 Å². The van der Waals surface area contributed by atoms with E-state index >= 15 is 0 Å². The second-order valence-corrected chi connectivity index (χ2v) is 6.28. The van der Waals surface area contributed by atoms with Crippen molar-refractivity contribution in [2.45, 2.75) is 6.54 Å². The van der Waals surface area contributed by atoms with E-state index in [1.54, 1.807) is 48.4 Å². The number of carbonyl (C=O) groups excluding carboxylic acids is 2. The minimum atomic E-state index is -0.199. The number of carbonyl (C=O) groups is 2. The zero-order valence-corrected chi connectivity index (χ0v) is 14.8. The van der Waals surface area contributed by atoms with Gasteiger partial charge < -0.3 is 15.0 Å². The molecule has 3 aromatic rings. The number of methoxy groups -OCH3 is 1. The molecule has 0 atom stereocenters. The molecule has 0 aliphatic carbocycles. The van der Waals surface area contributed by atoms with Crippen molar-refractivity contribution < 1.29 is 14.3 Å². The van der Waals surface area contributed by atoms with Gasteiger partial charge in [0.2, 0.25) is 0 Å². The molecule has 1 heterocycles. The van der Waals surface area contributed by atoms with Gasteiger partial charge in [-0.3, -0.25) is 9.59 Å². The third kappa shape index (κ3) is 3.27. The number of nitrogens with zero attached hydrogens (tertiary/aromatic N) is 1. The summed E-state index contributed by atoms with van der Waals surface area (Å²) in [5.41, 5.74) is 3.79. The normalized spacial score (nSPS) is 12.6. The highest BCUT2D eigenvalue weighted by Gasteiger charge is 2.27. The summed E-state index contributed by atoms with van der Waals surface area (Å²) in [6.45, 7) is 0.562. The summed E-state index contributed by atoms with van der Waals surface area (Å²) in [5, 5.41) is 2.86. The molecule has 5 nitrogen and oxygen atoms in total. The van der Waals surface area contributed by atoms with Crippen molar-refractivity contribution >= 4 is 23.2 Å². The van der Waals surface area contributed by atoms with Gasteiger partial charge in [0, 0.05) is 22.5 Å². The van der Waals surface area contributed by atoms with Crippen molar-refractivity contribution in [3.8, 4) is 5.75 Å². The minimum absolute atomic E-state index is 0.000573. The lowest BCUT2D eigenvalue weighted by molar-refractivity contribution is 0.0994. The van der Waals surface area contributed by atoms with Gasteiger partial charge in [-0.1, -0.05) is 18.2 Å². The molecular formula is C22H18N2O3. The van der Waals surface area contributed by atoms with Crippen molar-refractivity contribution in [1.82, 2.24) is 0 Å². The number of anilines is 2. The molecule has 2 amide bonds. The summed E-state index contributed by atoms with van der Waals surface area (Å²) in [5.74, 6) is 0.503. The maximum absolute atomic E-state index is 12.5. The SMILES string of the molecule is COc1ccc(C(=O)Nc2ccc(N3Cc4ccccc4C3=O)cc2)cc1. The zero-order chi connectivity index (χ0) is 18.8. The minimum Gasteiger partial charge on any atom is -0.497 e. The zero-order valence-electron chi connectivity index (χ0n) is 14.8. The van der Waals surface area contributed by atoms with Gasteiger partial charge in [0.05, 0.1) is 13.7 Å². The molecule has 0 radical (unpaired) electrons. The molecule has 1 N–H and O–H groups in total. The van der Waals surface area contributed by atoms with Gasteiger partial charge in [0.25, 0.3) is 11.8 Å². The molecule has 1 aliphatic heterocycles. The van der Waals surface area contributed by atoms with Crippen LogP contribution in [0.5, 0.6) is 5.75 Å². The van der Waals surface area contributed by atoms with Crippen LogP contribution in [0.25, 0.3) is 0 Å². The Morgan fingerprint density at radius 3 is 2.33 bits per heavy atom. The topological polar surface area (TPSA) is 58.6 Å². The van der Waals surface area contributed by atoms with Crippen LogP contribution in [0, 0.1) is 0 Å². The third-order valence-electron chi connectivity index (χ3n) is 4.61. The molecule has 0 saturated heterocycles. The Morgan fingerprint density at radius 2 is 1.67 bits per heavy atom. The molecule has 0 saturated carbocycles. The monoisotopic (exact) mass is 358 g/mol. The van der Waals surface area contributed by atoms with Crippen LogP contribution in [-0.4, -0.2) is 18.9 Å². The fourth-order valence-electron chi connectivity index (χ4n) is 3.13. The van der Waals surface area contributed by atoms with E-state index in [-0.39, 0.29) is 11.8 Å². The lowest BCUT2D eigenvalue weighted by Gasteiger charge is -2.16. The molecule has 0 aromatic heterocycles. The summed E-state index contributed by atoms with van der Waals surface area (Å²) in [6, 6.07) is 21.8. The van der Waals surface area contributed by atoms with Crippen molar-refractivity contribution in [3.05, 3.63) is 89.5 Å². The number of amides is 2. The Morgan fingerprint density at radius 1 is 0.963 bits per heavy atom. The molecule has 4 rings (SSSR count). The summed E-state index contributed by atoms with van der Waals surface area (Å²) in [4.78, 5) is 26.6. The summed E-state index contributed by atoms with van der Waals surface area (Å²) in [6.07, 6.45) is 0. The number of ether oxygens (including phenoxy) is 1. The van der Waals surface area contributed by atoms with Crippen LogP contribution in [0.4, 0.5) is 11.4 Å². The van der Waals surface area contributed by atoms with E-state index in [1.807, 2.05) is 36.4 Å². The van der Waals surface area contributed by atoms with Crippen LogP contribution in [0.1, 0.15) is 26.3 Å². The van der Waals surface area contributed by atoms with Gasteiger partial charge in [0.15, 0.2) is 0 Å². The number of rotatable bonds is 4. The molecule has 0 spiro atoms. The molecule has 0 bridgehead atoms. The smallest absolute Gasteiger partial charge is 0.258 e. The Hall–Kier alpha value is -3.60. The molecule has 27 heavy (non-hydrogen) atoms. The second-order valence-electron chi connectivity index (χ2n) is 6.28. The summed E-state index contributed by atoms with van der Waals surface area (Å²) >= 11 is 0. The highest BCUT2D eigenvalue weighted by molar-refractivity contribution is 6.10. The van der Waals surface area contributed by atoms with E-state index in [0.717, 1.165) is 16.8 Å². The number of hydrogen-bond acceptors (Lipinski definition) is 3. The van der Waals surface area contributed by atoms with Gasteiger partial charge in [-0.2, -0.15) is 0 Å². The van der Waals surface area contributed by atoms with Crippen LogP contribution in [0.3, 0.4) is 0 Å². The van der Waals surface area contributed by atoms with Crippen LogP contribution < -0.4 is 15.0 Å². The van der Waals surface area contributed by atoms with E-state index in [4.69, 9.17) is 4.74 Å². The Kier molecular flexibility index (Phi) is 4.34. The Labute approximate surface area is 157 Å². The maximum atomic E-state index is 12.5. The fraction of sp³-hybridized carbons (Fsp3) is 0.0909. The highest BCUT2D eigenvalue weighted by atomic mass is 16.5. The predicted octanol–water partition coefficient (Wildman–Crippen LogP) is 4.11. The number of hydrogen-bond donors (Lipinski definition) is 1. The van der Waals surface area contributed by atoms with Crippen LogP contribution in [-0.2, 0) is 6.54 Å². The van der Waals surface area contributed by atoms with Crippen molar-refractivity contribution in [3.63, 3.8) is 0 Å². The van der Waals surface area contributed by atoms with E-state index in [0.29, 0.717) is 23.5 Å². The second kappa shape index (κ2) is 6.96. The Bertz CT molecular complexity index is 995. The highest BCUT2D eigenvalue weighted by Crippen LogP contribution is 2.29. The first-order chi connectivity index (χ1) is 13.2. The van der Waals surface area contributed by atoms with Crippen LogP contribution in [0.2, 0.25) is 0 Å². The van der Waals surface area contributed by atoms with E-state index in [1.165, 1.54) is 0 Å². The molecule has 0 fully saturated rings. The largest absolute Gasteiger partial charge is 0.497 e. The fourth-order valence-corrected chi connectivity index (χ4v) is 3.13. The molecule has 5 heteroatoms. The lowest BCUT2D eigenvalue weighted by atomic mass is 10.1. The first-order valence-electron chi connectivity index (χ1n) is 8.61. The van der Waals surface area contributed by atoms with Crippen molar-refractivity contribution in [1.29, 1.82) is 0 Å². The van der Waals surface area contributed by atoms with Gasteiger partial charge in [-0.05, 0) is 60.2 Å². The summed E-state index contributed by atoms with van der Waals surface area (Å²) < 4.78 is 5.10.